The summed E-state index contributed by atoms with van der Waals surface area (Å²) in [6.45, 7) is 6.77. The highest BCUT2D eigenvalue weighted by molar-refractivity contribution is 4.94. The first-order chi connectivity index (χ1) is 9.28. The predicted molar refractivity (Wildman–Crippen MR) is 79.2 cm³/mol. The lowest BCUT2D eigenvalue weighted by Crippen LogP contribution is -2.44. The molecule has 3 aliphatic rings. The molecule has 6 unspecified atom stereocenters. The number of rotatable bonds is 6. The van der Waals surface area contributed by atoms with E-state index >= 15 is 0 Å². The Hall–Kier alpha value is -0.0800. The molecule has 2 bridgehead atoms. The van der Waals surface area contributed by atoms with Gasteiger partial charge in [-0.3, -0.25) is 0 Å². The molecule has 110 valence electrons. The molecule has 2 nitrogen and oxygen atoms in total. The second-order valence-corrected chi connectivity index (χ2v) is 7.33. The average molecular weight is 265 g/mol. The summed E-state index contributed by atoms with van der Waals surface area (Å²) < 4.78 is 6.05. The minimum atomic E-state index is 0.477. The lowest BCUT2D eigenvalue weighted by Gasteiger charge is -2.32. The summed E-state index contributed by atoms with van der Waals surface area (Å²) in [5, 5.41) is 3.80. The van der Waals surface area contributed by atoms with E-state index in [0.717, 1.165) is 36.8 Å². The van der Waals surface area contributed by atoms with Crippen LogP contribution in [0.1, 0.15) is 58.8 Å². The van der Waals surface area contributed by atoms with Crippen molar-refractivity contribution in [3.8, 4) is 0 Å². The highest BCUT2D eigenvalue weighted by atomic mass is 16.5. The zero-order valence-corrected chi connectivity index (χ0v) is 12.7. The second-order valence-electron chi connectivity index (χ2n) is 7.33. The van der Waals surface area contributed by atoms with Crippen LogP contribution >= 0.6 is 0 Å². The Kier molecular flexibility index (Phi) is 4.48. The first kappa shape index (κ1) is 13.9. The van der Waals surface area contributed by atoms with Gasteiger partial charge in [0.2, 0.25) is 0 Å². The van der Waals surface area contributed by atoms with Crippen molar-refractivity contribution in [3.05, 3.63) is 0 Å². The van der Waals surface area contributed by atoms with Gasteiger partial charge in [-0.05, 0) is 68.7 Å². The highest BCUT2D eigenvalue weighted by Gasteiger charge is 2.42. The van der Waals surface area contributed by atoms with E-state index in [1.807, 2.05) is 0 Å². The molecule has 0 spiro atoms. The van der Waals surface area contributed by atoms with Crippen LogP contribution in [-0.2, 0) is 4.74 Å². The molecular formula is C17H31NO. The van der Waals surface area contributed by atoms with E-state index in [9.17, 15) is 0 Å². The molecule has 0 aromatic heterocycles. The largest absolute Gasteiger partial charge is 0.376 e. The van der Waals surface area contributed by atoms with Gasteiger partial charge in [0.1, 0.15) is 0 Å². The van der Waals surface area contributed by atoms with Crippen LogP contribution in [-0.4, -0.2) is 25.3 Å². The maximum absolute atomic E-state index is 6.05. The van der Waals surface area contributed by atoms with Crippen molar-refractivity contribution in [3.63, 3.8) is 0 Å². The first-order valence-corrected chi connectivity index (χ1v) is 8.63. The van der Waals surface area contributed by atoms with Gasteiger partial charge in [0.15, 0.2) is 0 Å². The molecule has 2 heteroatoms. The minimum Gasteiger partial charge on any atom is -0.376 e. The van der Waals surface area contributed by atoms with Gasteiger partial charge in [-0.1, -0.05) is 20.3 Å². The lowest BCUT2D eigenvalue weighted by atomic mass is 9.81. The molecule has 0 amide bonds. The van der Waals surface area contributed by atoms with Gasteiger partial charge >= 0.3 is 0 Å². The van der Waals surface area contributed by atoms with Crippen molar-refractivity contribution < 1.29 is 4.74 Å². The van der Waals surface area contributed by atoms with Crippen LogP contribution in [0.15, 0.2) is 0 Å². The molecule has 1 saturated heterocycles. The van der Waals surface area contributed by atoms with Crippen LogP contribution in [0.3, 0.4) is 0 Å². The standard InChI is InChI=1S/C17H31NO/c1-3-7-18-16(17-12(2)6-8-19-17)11-15-10-13-4-5-14(15)9-13/h12-18H,3-11H2,1-2H3. The molecule has 0 aromatic rings. The van der Waals surface area contributed by atoms with Gasteiger partial charge in [0.25, 0.3) is 0 Å². The molecule has 2 aliphatic carbocycles. The van der Waals surface area contributed by atoms with Crippen molar-refractivity contribution in [2.24, 2.45) is 23.7 Å². The van der Waals surface area contributed by atoms with Crippen LogP contribution in [0.25, 0.3) is 0 Å². The topological polar surface area (TPSA) is 21.3 Å². The molecule has 6 atom stereocenters. The predicted octanol–water partition coefficient (Wildman–Crippen LogP) is 3.61. The summed E-state index contributed by atoms with van der Waals surface area (Å²) in [4.78, 5) is 0. The van der Waals surface area contributed by atoms with Crippen molar-refractivity contribution in [1.82, 2.24) is 5.32 Å². The molecule has 1 heterocycles. The van der Waals surface area contributed by atoms with Crippen molar-refractivity contribution in [1.29, 1.82) is 0 Å². The van der Waals surface area contributed by atoms with Gasteiger partial charge in [-0.15, -0.1) is 0 Å². The van der Waals surface area contributed by atoms with Gasteiger partial charge in [-0.25, -0.2) is 0 Å². The van der Waals surface area contributed by atoms with E-state index in [4.69, 9.17) is 4.74 Å². The maximum atomic E-state index is 6.05. The molecule has 0 aromatic carbocycles. The molecule has 1 aliphatic heterocycles. The van der Waals surface area contributed by atoms with Crippen LogP contribution < -0.4 is 5.32 Å². The Morgan fingerprint density at radius 3 is 2.68 bits per heavy atom. The smallest absolute Gasteiger partial charge is 0.0754 e. The number of ether oxygens (including phenoxy) is 1. The minimum absolute atomic E-state index is 0.477. The van der Waals surface area contributed by atoms with Crippen LogP contribution in [0.2, 0.25) is 0 Å². The summed E-state index contributed by atoms with van der Waals surface area (Å²) in [7, 11) is 0. The van der Waals surface area contributed by atoms with Crippen molar-refractivity contribution >= 4 is 0 Å². The highest BCUT2D eigenvalue weighted by Crippen LogP contribution is 2.50. The Morgan fingerprint density at radius 1 is 1.21 bits per heavy atom. The zero-order chi connectivity index (χ0) is 13.2. The zero-order valence-electron chi connectivity index (χ0n) is 12.7. The fraction of sp³-hybridized carbons (Fsp3) is 1.00. The van der Waals surface area contributed by atoms with Crippen LogP contribution in [0.5, 0.6) is 0 Å². The van der Waals surface area contributed by atoms with Gasteiger partial charge < -0.3 is 10.1 Å². The monoisotopic (exact) mass is 265 g/mol. The Morgan fingerprint density at radius 2 is 2.11 bits per heavy atom. The van der Waals surface area contributed by atoms with E-state index < -0.39 is 0 Å². The van der Waals surface area contributed by atoms with Crippen molar-refractivity contribution in [2.75, 3.05) is 13.2 Å². The third-order valence-electron chi connectivity index (χ3n) is 5.94. The summed E-state index contributed by atoms with van der Waals surface area (Å²) in [5.41, 5.74) is 0. The van der Waals surface area contributed by atoms with Crippen molar-refractivity contribution in [2.45, 2.75) is 70.9 Å². The average Bonchev–Trinajstić information content (AvgIpc) is 3.10. The van der Waals surface area contributed by atoms with Gasteiger partial charge in [-0.2, -0.15) is 0 Å². The fourth-order valence-electron chi connectivity index (χ4n) is 4.89. The summed E-state index contributed by atoms with van der Waals surface area (Å²) in [6, 6.07) is 0.613. The number of fused-ring (bicyclic) bond motifs is 2. The van der Waals surface area contributed by atoms with E-state index in [1.54, 1.807) is 0 Å². The number of nitrogens with one attached hydrogen (secondary N) is 1. The quantitative estimate of drug-likeness (QED) is 0.792. The Labute approximate surface area is 118 Å². The van der Waals surface area contributed by atoms with E-state index in [1.165, 1.54) is 44.9 Å². The number of hydrogen-bond donors (Lipinski definition) is 1. The summed E-state index contributed by atoms with van der Waals surface area (Å²) in [5.74, 6) is 3.86. The second kappa shape index (κ2) is 6.13. The molecule has 3 fully saturated rings. The molecule has 1 N–H and O–H groups in total. The molecule has 19 heavy (non-hydrogen) atoms. The maximum Gasteiger partial charge on any atom is 0.0754 e. The molecule has 2 saturated carbocycles. The molecule has 0 radical (unpaired) electrons. The van der Waals surface area contributed by atoms with E-state index in [-0.39, 0.29) is 0 Å². The summed E-state index contributed by atoms with van der Waals surface area (Å²) >= 11 is 0. The Balaban J connectivity index is 1.58. The van der Waals surface area contributed by atoms with E-state index in [0.29, 0.717) is 12.1 Å². The van der Waals surface area contributed by atoms with Crippen LogP contribution in [0, 0.1) is 23.7 Å². The lowest BCUT2D eigenvalue weighted by molar-refractivity contribution is 0.0491. The number of hydrogen-bond acceptors (Lipinski definition) is 2. The van der Waals surface area contributed by atoms with E-state index in [2.05, 4.69) is 19.2 Å². The molecule has 3 rings (SSSR count). The normalized spacial score (nSPS) is 42.9. The van der Waals surface area contributed by atoms with Crippen LogP contribution in [0.4, 0.5) is 0 Å². The fourth-order valence-corrected chi connectivity index (χ4v) is 4.89. The van der Waals surface area contributed by atoms with Gasteiger partial charge in [0, 0.05) is 12.6 Å². The molecular weight excluding hydrogens is 234 g/mol. The SMILES string of the molecule is CCCNC(CC1CC2CCC1C2)C1OCCC1C. The third-order valence-corrected chi connectivity index (χ3v) is 5.94. The third kappa shape index (κ3) is 3.00. The summed E-state index contributed by atoms with van der Waals surface area (Å²) in [6.07, 6.45) is 10.4. The Bertz CT molecular complexity index is 293. The van der Waals surface area contributed by atoms with Gasteiger partial charge in [0.05, 0.1) is 6.10 Å². The first-order valence-electron chi connectivity index (χ1n) is 8.63.